The van der Waals surface area contributed by atoms with Gasteiger partial charge in [0.15, 0.2) is 0 Å². The number of carbonyl (C=O) groups excluding carboxylic acids is 1. The van der Waals surface area contributed by atoms with E-state index in [2.05, 4.69) is 36.5 Å². The molecular formula is C17H25NO2. The number of nitrogens with one attached hydrogen (secondary N) is 1. The summed E-state index contributed by atoms with van der Waals surface area (Å²) < 4.78 is 5.52. The zero-order valence-electron chi connectivity index (χ0n) is 12.3. The van der Waals surface area contributed by atoms with Crippen LogP contribution in [0.15, 0.2) is 30.3 Å². The Labute approximate surface area is 121 Å². The molecule has 1 N–H and O–H groups in total. The number of hydrogen-bond donors (Lipinski definition) is 1. The van der Waals surface area contributed by atoms with Crippen molar-refractivity contribution in [2.75, 3.05) is 13.2 Å². The fraction of sp³-hybridized carbons (Fsp3) is 0.588. The van der Waals surface area contributed by atoms with E-state index in [4.69, 9.17) is 4.74 Å². The number of carbonyl (C=O) groups is 1. The number of ether oxygens (including phenoxy) is 1. The summed E-state index contributed by atoms with van der Waals surface area (Å²) >= 11 is 0. The molecule has 2 atom stereocenters. The molecule has 0 unspecified atom stereocenters. The Bertz CT molecular complexity index is 399. The topological polar surface area (TPSA) is 38.3 Å². The molecule has 0 radical (unpaired) electrons. The maximum Gasteiger partial charge on any atom is 0.220 e. The molecule has 2 rings (SSSR count). The molecule has 1 saturated heterocycles. The van der Waals surface area contributed by atoms with Gasteiger partial charge in [0.2, 0.25) is 5.91 Å². The molecule has 20 heavy (non-hydrogen) atoms. The van der Waals surface area contributed by atoms with Gasteiger partial charge in [-0.1, -0.05) is 37.3 Å². The van der Waals surface area contributed by atoms with E-state index in [9.17, 15) is 4.79 Å². The Hall–Kier alpha value is -1.35. The molecule has 0 bridgehead atoms. The van der Waals surface area contributed by atoms with Gasteiger partial charge >= 0.3 is 0 Å². The minimum absolute atomic E-state index is 0.153. The molecule has 0 aliphatic carbocycles. The van der Waals surface area contributed by atoms with Crippen LogP contribution >= 0.6 is 0 Å². The van der Waals surface area contributed by atoms with E-state index in [1.807, 2.05) is 6.07 Å². The van der Waals surface area contributed by atoms with Crippen LogP contribution in [0.5, 0.6) is 0 Å². The summed E-state index contributed by atoms with van der Waals surface area (Å²) in [5, 5.41) is 3.01. The smallest absolute Gasteiger partial charge is 0.220 e. The highest BCUT2D eigenvalue weighted by molar-refractivity contribution is 5.75. The summed E-state index contributed by atoms with van der Waals surface area (Å²) in [5.74, 6) is 0.635. The van der Waals surface area contributed by atoms with Gasteiger partial charge in [0.1, 0.15) is 0 Å². The number of amides is 1. The first-order chi connectivity index (χ1) is 9.75. The fourth-order valence-corrected chi connectivity index (χ4v) is 2.63. The summed E-state index contributed by atoms with van der Waals surface area (Å²) in [6.45, 7) is 3.81. The lowest BCUT2D eigenvalue weighted by molar-refractivity contribution is -0.121. The van der Waals surface area contributed by atoms with Crippen LogP contribution in [0.3, 0.4) is 0 Å². The van der Waals surface area contributed by atoms with Crippen LogP contribution in [-0.2, 0) is 9.53 Å². The van der Waals surface area contributed by atoms with E-state index < -0.39 is 0 Å². The predicted octanol–water partition coefficient (Wildman–Crippen LogP) is 3.26. The Morgan fingerprint density at radius 3 is 2.90 bits per heavy atom. The highest BCUT2D eigenvalue weighted by atomic mass is 16.5. The molecule has 1 aromatic carbocycles. The van der Waals surface area contributed by atoms with Crippen LogP contribution in [0.25, 0.3) is 0 Å². The van der Waals surface area contributed by atoms with Gasteiger partial charge < -0.3 is 10.1 Å². The van der Waals surface area contributed by atoms with Crippen molar-refractivity contribution < 1.29 is 9.53 Å². The van der Waals surface area contributed by atoms with Crippen molar-refractivity contribution in [3.05, 3.63) is 35.9 Å². The van der Waals surface area contributed by atoms with Crippen LogP contribution < -0.4 is 5.32 Å². The highest BCUT2D eigenvalue weighted by Crippen LogP contribution is 2.18. The standard InChI is InChI=1S/C17H25NO2/c1-14(15-6-3-2-4-7-15)11-12-18-17(19)10-9-16-8-5-13-20-16/h2-4,6-7,14,16H,5,8-13H2,1H3,(H,18,19)/t14-,16-/m1/s1. The molecular weight excluding hydrogens is 250 g/mol. The molecule has 1 aliphatic heterocycles. The summed E-state index contributed by atoms with van der Waals surface area (Å²) in [7, 11) is 0. The van der Waals surface area contributed by atoms with E-state index in [1.165, 1.54) is 5.56 Å². The number of rotatable bonds is 7. The fourth-order valence-electron chi connectivity index (χ4n) is 2.63. The second-order valence-electron chi connectivity index (χ2n) is 5.62. The van der Waals surface area contributed by atoms with Crippen molar-refractivity contribution >= 4 is 5.91 Å². The molecule has 1 aliphatic rings. The van der Waals surface area contributed by atoms with E-state index in [0.29, 0.717) is 18.4 Å². The first kappa shape index (κ1) is 15.0. The normalized spacial score (nSPS) is 19.8. The Balaban J connectivity index is 1.59. The average Bonchev–Trinajstić information content (AvgIpc) is 2.99. The Morgan fingerprint density at radius 1 is 1.40 bits per heavy atom. The lowest BCUT2D eigenvalue weighted by atomic mass is 9.98. The molecule has 1 amide bonds. The molecule has 0 saturated carbocycles. The molecule has 3 heteroatoms. The van der Waals surface area contributed by atoms with Crippen molar-refractivity contribution in [2.45, 2.75) is 51.0 Å². The molecule has 0 aromatic heterocycles. The van der Waals surface area contributed by atoms with E-state index >= 15 is 0 Å². The van der Waals surface area contributed by atoms with Crippen molar-refractivity contribution in [2.24, 2.45) is 0 Å². The maximum absolute atomic E-state index is 11.8. The largest absolute Gasteiger partial charge is 0.378 e. The van der Waals surface area contributed by atoms with Gasteiger partial charge in [0.05, 0.1) is 6.10 Å². The average molecular weight is 275 g/mol. The third-order valence-electron chi connectivity index (χ3n) is 3.99. The quantitative estimate of drug-likeness (QED) is 0.829. The van der Waals surface area contributed by atoms with Crippen LogP contribution in [0.4, 0.5) is 0 Å². The predicted molar refractivity (Wildman–Crippen MR) is 80.7 cm³/mol. The summed E-state index contributed by atoms with van der Waals surface area (Å²) in [6.07, 6.45) is 4.99. The number of benzene rings is 1. The van der Waals surface area contributed by atoms with E-state index in [0.717, 1.165) is 38.8 Å². The summed E-state index contributed by atoms with van der Waals surface area (Å²) in [4.78, 5) is 11.8. The molecule has 1 aromatic rings. The molecule has 1 heterocycles. The van der Waals surface area contributed by atoms with Crippen LogP contribution in [0.1, 0.15) is 50.5 Å². The number of hydrogen-bond acceptors (Lipinski definition) is 2. The Kier molecular flexibility index (Phi) is 6.06. The van der Waals surface area contributed by atoms with Crippen molar-refractivity contribution in [3.8, 4) is 0 Å². The van der Waals surface area contributed by atoms with Crippen molar-refractivity contribution in [3.63, 3.8) is 0 Å². The SMILES string of the molecule is C[C@H](CCNC(=O)CC[C@H]1CCCO1)c1ccccc1. The van der Waals surface area contributed by atoms with E-state index in [1.54, 1.807) is 0 Å². The summed E-state index contributed by atoms with van der Waals surface area (Å²) in [6, 6.07) is 10.4. The lowest BCUT2D eigenvalue weighted by Crippen LogP contribution is -2.26. The van der Waals surface area contributed by atoms with Gasteiger partial charge in [-0.05, 0) is 37.2 Å². The first-order valence-electron chi connectivity index (χ1n) is 7.69. The second kappa shape index (κ2) is 8.05. The van der Waals surface area contributed by atoms with Crippen molar-refractivity contribution in [1.29, 1.82) is 0 Å². The second-order valence-corrected chi connectivity index (χ2v) is 5.62. The van der Waals surface area contributed by atoms with Gasteiger partial charge in [0.25, 0.3) is 0 Å². The van der Waals surface area contributed by atoms with Gasteiger partial charge in [0, 0.05) is 19.6 Å². The lowest BCUT2D eigenvalue weighted by Gasteiger charge is -2.13. The van der Waals surface area contributed by atoms with E-state index in [-0.39, 0.29) is 5.91 Å². The third kappa shape index (κ3) is 4.97. The van der Waals surface area contributed by atoms with Gasteiger partial charge in [-0.3, -0.25) is 4.79 Å². The van der Waals surface area contributed by atoms with Gasteiger partial charge in [-0.2, -0.15) is 0 Å². The minimum atomic E-state index is 0.153. The van der Waals surface area contributed by atoms with Crippen molar-refractivity contribution in [1.82, 2.24) is 5.32 Å². The maximum atomic E-state index is 11.8. The molecule has 0 spiro atoms. The van der Waals surface area contributed by atoms with Crippen LogP contribution in [-0.4, -0.2) is 25.2 Å². The summed E-state index contributed by atoms with van der Waals surface area (Å²) in [5.41, 5.74) is 1.33. The third-order valence-corrected chi connectivity index (χ3v) is 3.99. The first-order valence-corrected chi connectivity index (χ1v) is 7.69. The van der Waals surface area contributed by atoms with Crippen LogP contribution in [0.2, 0.25) is 0 Å². The highest BCUT2D eigenvalue weighted by Gasteiger charge is 2.16. The molecule has 1 fully saturated rings. The van der Waals surface area contributed by atoms with Crippen LogP contribution in [0, 0.1) is 0 Å². The molecule has 3 nitrogen and oxygen atoms in total. The zero-order valence-corrected chi connectivity index (χ0v) is 12.3. The Morgan fingerprint density at radius 2 is 2.20 bits per heavy atom. The van der Waals surface area contributed by atoms with Gasteiger partial charge in [-0.25, -0.2) is 0 Å². The zero-order chi connectivity index (χ0) is 14.2. The minimum Gasteiger partial charge on any atom is -0.378 e. The monoisotopic (exact) mass is 275 g/mol. The molecule has 110 valence electrons. The van der Waals surface area contributed by atoms with Gasteiger partial charge in [-0.15, -0.1) is 0 Å².